The van der Waals surface area contributed by atoms with Crippen molar-refractivity contribution in [3.63, 3.8) is 0 Å². The fraction of sp³-hybridized carbons (Fsp3) is 0.130. The van der Waals surface area contributed by atoms with E-state index in [0.717, 1.165) is 17.2 Å². The summed E-state index contributed by atoms with van der Waals surface area (Å²) in [5.41, 5.74) is 1.46. The number of benzene rings is 3. The largest absolute Gasteiger partial charge is 0.384 e. The Morgan fingerprint density at radius 3 is 2.21 bits per heavy atom. The molecule has 0 saturated heterocycles. The molecule has 0 spiro atoms. The third-order valence-corrected chi connectivity index (χ3v) is 4.50. The van der Waals surface area contributed by atoms with E-state index >= 15 is 0 Å². The van der Waals surface area contributed by atoms with Gasteiger partial charge in [-0.05, 0) is 41.8 Å². The van der Waals surface area contributed by atoms with Crippen molar-refractivity contribution in [2.24, 2.45) is 0 Å². The number of hydrogen-bond donors (Lipinski definition) is 3. The van der Waals surface area contributed by atoms with Crippen LogP contribution in [0.15, 0.2) is 78.9 Å². The van der Waals surface area contributed by atoms with Crippen molar-refractivity contribution in [2.45, 2.75) is 12.5 Å². The van der Waals surface area contributed by atoms with Gasteiger partial charge in [-0.15, -0.1) is 0 Å². The number of anilines is 1. The van der Waals surface area contributed by atoms with Crippen molar-refractivity contribution >= 4 is 17.5 Å². The molecule has 0 unspecified atom stereocenters. The van der Waals surface area contributed by atoms with Crippen molar-refractivity contribution < 1.29 is 19.1 Å². The molecule has 0 heterocycles. The van der Waals surface area contributed by atoms with E-state index in [1.54, 1.807) is 19.1 Å². The third kappa shape index (κ3) is 5.27. The van der Waals surface area contributed by atoms with Gasteiger partial charge < -0.3 is 15.7 Å². The molecule has 5 nitrogen and oxygen atoms in total. The molecule has 3 rings (SSSR count). The number of halogens is 1. The van der Waals surface area contributed by atoms with Gasteiger partial charge in [-0.25, -0.2) is 4.39 Å². The van der Waals surface area contributed by atoms with E-state index in [1.807, 2.05) is 42.5 Å². The minimum atomic E-state index is -1.37. The van der Waals surface area contributed by atoms with Crippen LogP contribution in [0, 0.1) is 5.82 Å². The highest BCUT2D eigenvalue weighted by Crippen LogP contribution is 2.24. The van der Waals surface area contributed by atoms with Gasteiger partial charge in [0.05, 0.1) is 6.54 Å². The second kappa shape index (κ2) is 8.67. The van der Waals surface area contributed by atoms with Crippen molar-refractivity contribution in [1.29, 1.82) is 0 Å². The Hall–Kier alpha value is -3.51. The summed E-state index contributed by atoms with van der Waals surface area (Å²) in [6, 6.07) is 22.4. The first-order valence-electron chi connectivity index (χ1n) is 9.08. The second-order valence-electron chi connectivity index (χ2n) is 6.86. The molecule has 0 saturated carbocycles. The highest BCUT2D eigenvalue weighted by atomic mass is 19.1. The summed E-state index contributed by atoms with van der Waals surface area (Å²) in [4.78, 5) is 24.0. The number of hydrogen-bond acceptors (Lipinski definition) is 3. The molecule has 0 radical (unpaired) electrons. The first-order chi connectivity index (χ1) is 13.8. The highest BCUT2D eigenvalue weighted by molar-refractivity contribution is 6.39. The zero-order chi connectivity index (χ0) is 20.9. The van der Waals surface area contributed by atoms with E-state index in [0.29, 0.717) is 5.56 Å². The Labute approximate surface area is 168 Å². The maximum Gasteiger partial charge on any atom is 0.313 e. The lowest BCUT2D eigenvalue weighted by Gasteiger charge is -2.24. The van der Waals surface area contributed by atoms with Crippen LogP contribution in [0.4, 0.5) is 10.1 Å². The third-order valence-electron chi connectivity index (χ3n) is 4.50. The lowest BCUT2D eigenvalue weighted by atomic mass is 9.93. The van der Waals surface area contributed by atoms with Gasteiger partial charge in [0.1, 0.15) is 11.4 Å². The molecule has 0 aliphatic heterocycles. The molecule has 3 aromatic carbocycles. The predicted molar refractivity (Wildman–Crippen MR) is 109 cm³/mol. The van der Waals surface area contributed by atoms with Crippen LogP contribution in [0.5, 0.6) is 0 Å². The Morgan fingerprint density at radius 2 is 1.55 bits per heavy atom. The maximum atomic E-state index is 13.2. The summed E-state index contributed by atoms with van der Waals surface area (Å²) in [5, 5.41) is 15.4. The van der Waals surface area contributed by atoms with Crippen molar-refractivity contribution in [3.8, 4) is 11.1 Å². The summed E-state index contributed by atoms with van der Waals surface area (Å²) >= 11 is 0. The van der Waals surface area contributed by atoms with Crippen LogP contribution in [0.3, 0.4) is 0 Å². The second-order valence-corrected chi connectivity index (χ2v) is 6.86. The molecule has 0 fully saturated rings. The van der Waals surface area contributed by atoms with E-state index in [2.05, 4.69) is 10.6 Å². The molecule has 0 aromatic heterocycles. The number of rotatable bonds is 5. The number of carbonyl (C=O) groups is 2. The zero-order valence-corrected chi connectivity index (χ0v) is 15.9. The van der Waals surface area contributed by atoms with Gasteiger partial charge in [-0.2, -0.15) is 0 Å². The lowest BCUT2D eigenvalue weighted by molar-refractivity contribution is -0.136. The van der Waals surface area contributed by atoms with E-state index in [1.165, 1.54) is 18.2 Å². The van der Waals surface area contributed by atoms with Gasteiger partial charge in [0.2, 0.25) is 0 Å². The Balaban J connectivity index is 1.60. The Bertz CT molecular complexity index is 1000. The molecule has 0 bridgehead atoms. The zero-order valence-electron chi connectivity index (χ0n) is 15.9. The Morgan fingerprint density at radius 1 is 0.897 bits per heavy atom. The van der Waals surface area contributed by atoms with E-state index in [-0.39, 0.29) is 12.2 Å². The van der Waals surface area contributed by atoms with Gasteiger partial charge in [0, 0.05) is 5.69 Å². The van der Waals surface area contributed by atoms with Gasteiger partial charge >= 0.3 is 11.8 Å². The summed E-state index contributed by atoms with van der Waals surface area (Å²) in [6.07, 6.45) is 0. The normalized spacial score (nSPS) is 12.7. The standard InChI is InChI=1S/C23H21FN2O3/c1-23(29,18-12-10-17(11-13-18)16-6-3-2-4-7-16)15-25-21(27)22(28)26-20-9-5-8-19(24)14-20/h2-14,29H,15H2,1H3,(H,25,27)(H,26,28)/t23-/m0/s1. The molecule has 148 valence electrons. The molecule has 3 aromatic rings. The number of aliphatic hydroxyl groups is 1. The molecule has 29 heavy (non-hydrogen) atoms. The Kier molecular flexibility index (Phi) is 6.04. The van der Waals surface area contributed by atoms with Gasteiger partial charge in [-0.1, -0.05) is 60.7 Å². The molecule has 6 heteroatoms. The van der Waals surface area contributed by atoms with Crippen LogP contribution in [-0.2, 0) is 15.2 Å². The number of carbonyl (C=O) groups excluding carboxylic acids is 2. The minimum absolute atomic E-state index is 0.160. The smallest absolute Gasteiger partial charge is 0.313 e. The van der Waals surface area contributed by atoms with Crippen LogP contribution < -0.4 is 10.6 Å². The van der Waals surface area contributed by atoms with E-state index in [9.17, 15) is 19.1 Å². The predicted octanol–water partition coefficient (Wildman–Crippen LogP) is 3.46. The van der Waals surface area contributed by atoms with Crippen molar-refractivity contribution in [1.82, 2.24) is 5.32 Å². The fourth-order valence-electron chi connectivity index (χ4n) is 2.84. The van der Waals surface area contributed by atoms with Crippen LogP contribution in [0.2, 0.25) is 0 Å². The van der Waals surface area contributed by atoms with E-state index < -0.39 is 23.2 Å². The SMILES string of the molecule is C[C@](O)(CNC(=O)C(=O)Nc1cccc(F)c1)c1ccc(-c2ccccc2)cc1. The maximum absolute atomic E-state index is 13.2. The van der Waals surface area contributed by atoms with Crippen molar-refractivity contribution in [3.05, 3.63) is 90.2 Å². The van der Waals surface area contributed by atoms with Crippen LogP contribution in [-0.4, -0.2) is 23.5 Å². The number of nitrogens with one attached hydrogen (secondary N) is 2. The average Bonchev–Trinajstić information content (AvgIpc) is 2.73. The molecular formula is C23H21FN2O3. The molecule has 2 amide bonds. The first-order valence-corrected chi connectivity index (χ1v) is 9.08. The minimum Gasteiger partial charge on any atom is -0.384 e. The average molecular weight is 392 g/mol. The van der Waals surface area contributed by atoms with Crippen LogP contribution >= 0.6 is 0 Å². The number of amides is 2. The molecule has 1 atom stereocenters. The van der Waals surface area contributed by atoms with Gasteiger partial charge in [0.15, 0.2) is 0 Å². The van der Waals surface area contributed by atoms with Crippen LogP contribution in [0.25, 0.3) is 11.1 Å². The van der Waals surface area contributed by atoms with E-state index in [4.69, 9.17) is 0 Å². The quantitative estimate of drug-likeness (QED) is 0.582. The van der Waals surface area contributed by atoms with Gasteiger partial charge in [0.25, 0.3) is 0 Å². The van der Waals surface area contributed by atoms with Crippen molar-refractivity contribution in [2.75, 3.05) is 11.9 Å². The summed E-state index contributed by atoms with van der Waals surface area (Å²) in [7, 11) is 0. The molecule has 0 aliphatic rings. The van der Waals surface area contributed by atoms with Crippen LogP contribution in [0.1, 0.15) is 12.5 Å². The highest BCUT2D eigenvalue weighted by Gasteiger charge is 2.25. The fourth-order valence-corrected chi connectivity index (χ4v) is 2.84. The summed E-state index contributed by atoms with van der Waals surface area (Å²) in [5.74, 6) is -2.38. The van der Waals surface area contributed by atoms with Gasteiger partial charge in [-0.3, -0.25) is 9.59 Å². The lowest BCUT2D eigenvalue weighted by Crippen LogP contribution is -2.43. The summed E-state index contributed by atoms with van der Waals surface area (Å²) in [6.45, 7) is 1.39. The monoisotopic (exact) mass is 392 g/mol. The molecular weight excluding hydrogens is 371 g/mol. The molecule has 3 N–H and O–H groups in total. The molecule has 0 aliphatic carbocycles. The summed E-state index contributed by atoms with van der Waals surface area (Å²) < 4.78 is 13.2. The first kappa shape index (κ1) is 20.2. The topological polar surface area (TPSA) is 78.4 Å².